The molecule has 0 radical (unpaired) electrons. The summed E-state index contributed by atoms with van der Waals surface area (Å²) in [5.74, 6) is 0.499. The van der Waals surface area contributed by atoms with Crippen LogP contribution >= 0.6 is 11.3 Å². The van der Waals surface area contributed by atoms with Crippen molar-refractivity contribution in [1.29, 1.82) is 0 Å². The molecule has 1 unspecified atom stereocenters. The van der Waals surface area contributed by atoms with Crippen molar-refractivity contribution in [3.63, 3.8) is 0 Å². The highest BCUT2D eigenvalue weighted by atomic mass is 32.1. The van der Waals surface area contributed by atoms with E-state index < -0.39 is 0 Å². The van der Waals surface area contributed by atoms with Crippen molar-refractivity contribution in [3.8, 4) is 5.75 Å². The van der Waals surface area contributed by atoms with Gasteiger partial charge in [0, 0.05) is 18.0 Å². The Labute approximate surface area is 164 Å². The van der Waals surface area contributed by atoms with Crippen LogP contribution in [0.15, 0.2) is 35.7 Å². The lowest BCUT2D eigenvalue weighted by molar-refractivity contribution is -0.145. The highest BCUT2D eigenvalue weighted by Crippen LogP contribution is 2.17. The Morgan fingerprint density at radius 1 is 1.37 bits per heavy atom. The van der Waals surface area contributed by atoms with Crippen molar-refractivity contribution in [2.45, 2.75) is 39.4 Å². The van der Waals surface area contributed by atoms with Gasteiger partial charge in [-0.25, -0.2) is 9.78 Å². The van der Waals surface area contributed by atoms with Gasteiger partial charge in [-0.3, -0.25) is 4.90 Å². The maximum absolute atomic E-state index is 12.0. The summed E-state index contributed by atoms with van der Waals surface area (Å²) in [4.78, 5) is 18.7. The molecule has 5 nitrogen and oxygen atoms in total. The van der Waals surface area contributed by atoms with Crippen LogP contribution in [0.5, 0.6) is 5.75 Å². The van der Waals surface area contributed by atoms with E-state index in [4.69, 9.17) is 9.47 Å². The summed E-state index contributed by atoms with van der Waals surface area (Å²) in [6.07, 6.45) is 5.30. The van der Waals surface area contributed by atoms with Crippen molar-refractivity contribution in [2.24, 2.45) is 0 Å². The summed E-state index contributed by atoms with van der Waals surface area (Å²) in [6, 6.07) is 7.63. The lowest BCUT2D eigenvalue weighted by Crippen LogP contribution is -2.40. The molecular formula is C21H26N2O3S. The number of ether oxygens (including phenoxy) is 2. The first kappa shape index (κ1) is 19.6. The van der Waals surface area contributed by atoms with E-state index in [0.29, 0.717) is 6.61 Å². The van der Waals surface area contributed by atoms with Gasteiger partial charge in [-0.05, 0) is 56.6 Å². The molecule has 1 aromatic heterocycles. The molecule has 144 valence electrons. The summed E-state index contributed by atoms with van der Waals surface area (Å²) >= 11 is 1.62. The minimum absolute atomic E-state index is 0.000905. The zero-order valence-corrected chi connectivity index (χ0v) is 16.7. The van der Waals surface area contributed by atoms with Gasteiger partial charge in [0.15, 0.2) is 0 Å². The average Bonchev–Trinajstić information content (AvgIpc) is 3.11. The molecule has 27 heavy (non-hydrogen) atoms. The van der Waals surface area contributed by atoms with Crippen LogP contribution in [0.2, 0.25) is 0 Å². The van der Waals surface area contributed by atoms with E-state index in [2.05, 4.69) is 16.8 Å². The maximum atomic E-state index is 12.0. The molecule has 0 bridgehead atoms. The van der Waals surface area contributed by atoms with Gasteiger partial charge in [-0.1, -0.05) is 19.1 Å². The number of hydrogen-bond donors (Lipinski definition) is 0. The fourth-order valence-electron chi connectivity index (χ4n) is 3.07. The second-order valence-corrected chi connectivity index (χ2v) is 7.71. The maximum Gasteiger partial charge on any atom is 0.331 e. The number of rotatable bonds is 7. The Bertz CT molecular complexity index is 770. The summed E-state index contributed by atoms with van der Waals surface area (Å²) < 4.78 is 11.3. The second-order valence-electron chi connectivity index (χ2n) is 6.64. The molecular weight excluding hydrogens is 360 g/mol. The average molecular weight is 387 g/mol. The molecule has 1 fully saturated rings. The largest absolute Gasteiger partial charge is 0.487 e. The van der Waals surface area contributed by atoms with Gasteiger partial charge in [0.2, 0.25) is 0 Å². The van der Waals surface area contributed by atoms with Gasteiger partial charge in [0.05, 0.1) is 10.7 Å². The number of likely N-dealkylation sites (tertiary alicyclic amines) is 1. The second kappa shape index (κ2) is 9.67. The van der Waals surface area contributed by atoms with Gasteiger partial charge in [-0.2, -0.15) is 0 Å². The molecule has 0 spiro atoms. The van der Waals surface area contributed by atoms with Crippen LogP contribution in [-0.4, -0.2) is 41.6 Å². The normalized spacial score (nSPS) is 17.9. The number of piperidine rings is 1. The Morgan fingerprint density at radius 3 is 2.89 bits per heavy atom. The molecule has 2 aromatic rings. The summed E-state index contributed by atoms with van der Waals surface area (Å²) in [6.45, 7) is 7.50. The van der Waals surface area contributed by atoms with Gasteiger partial charge in [-0.15, -0.1) is 11.3 Å². The molecule has 1 atom stereocenters. The quantitative estimate of drug-likeness (QED) is 0.530. The fraction of sp³-hybridized carbons (Fsp3) is 0.429. The van der Waals surface area contributed by atoms with E-state index in [-0.39, 0.29) is 12.1 Å². The highest BCUT2D eigenvalue weighted by Gasteiger charge is 2.21. The Morgan fingerprint density at radius 2 is 2.19 bits per heavy atom. The van der Waals surface area contributed by atoms with Crippen molar-refractivity contribution in [1.82, 2.24) is 9.88 Å². The molecule has 3 rings (SSSR count). The molecule has 0 aliphatic carbocycles. The summed E-state index contributed by atoms with van der Waals surface area (Å²) in [5.41, 5.74) is 1.87. The molecule has 6 heteroatoms. The monoisotopic (exact) mass is 386 g/mol. The molecule has 0 saturated carbocycles. The number of aromatic nitrogens is 1. The van der Waals surface area contributed by atoms with Gasteiger partial charge >= 0.3 is 5.97 Å². The fourth-order valence-corrected chi connectivity index (χ4v) is 3.67. The third kappa shape index (κ3) is 6.19. The summed E-state index contributed by atoms with van der Waals surface area (Å²) in [5, 5.41) is 3.04. The lowest BCUT2D eigenvalue weighted by atomic mass is 10.1. The molecule has 0 amide bonds. The minimum atomic E-state index is -0.280. The predicted molar refractivity (Wildman–Crippen MR) is 108 cm³/mol. The number of hydrogen-bond acceptors (Lipinski definition) is 6. The van der Waals surface area contributed by atoms with Crippen molar-refractivity contribution in [3.05, 3.63) is 52.0 Å². The highest BCUT2D eigenvalue weighted by molar-refractivity contribution is 7.09. The van der Waals surface area contributed by atoms with Gasteiger partial charge in [0.25, 0.3) is 0 Å². The third-order valence-electron chi connectivity index (χ3n) is 4.54. The third-order valence-corrected chi connectivity index (χ3v) is 5.36. The number of benzene rings is 1. The van der Waals surface area contributed by atoms with Gasteiger partial charge < -0.3 is 9.47 Å². The van der Waals surface area contributed by atoms with E-state index in [0.717, 1.165) is 54.5 Å². The number of esters is 1. The molecule has 1 aromatic carbocycles. The van der Waals surface area contributed by atoms with E-state index in [1.54, 1.807) is 17.4 Å². The van der Waals surface area contributed by atoms with E-state index in [9.17, 15) is 4.79 Å². The standard InChI is InChI=1S/C21H26N2O3S/c1-3-23-12-4-5-20(13-23)26-21(24)11-8-17-6-9-19(10-7-17)25-14-18-15-27-16(2)22-18/h6-11,15,20H,3-5,12-14H2,1-2H3/b11-8+. The number of carbonyl (C=O) groups is 1. The molecule has 0 N–H and O–H groups in total. The van der Waals surface area contributed by atoms with Gasteiger partial charge in [0.1, 0.15) is 18.5 Å². The van der Waals surface area contributed by atoms with Crippen molar-refractivity contribution >= 4 is 23.4 Å². The topological polar surface area (TPSA) is 51.7 Å². The molecule has 2 heterocycles. The van der Waals surface area contributed by atoms with Crippen LogP contribution in [0.1, 0.15) is 36.0 Å². The number of thiazole rings is 1. The van der Waals surface area contributed by atoms with Crippen molar-refractivity contribution < 1.29 is 14.3 Å². The Balaban J connectivity index is 1.46. The SMILES string of the molecule is CCN1CCCC(OC(=O)/C=C/c2ccc(OCc3csc(C)n3)cc2)C1. The van der Waals surface area contributed by atoms with Crippen LogP contribution in [0.4, 0.5) is 0 Å². The number of aryl methyl sites for hydroxylation is 1. The zero-order chi connectivity index (χ0) is 19.1. The van der Waals surface area contributed by atoms with Crippen LogP contribution in [0, 0.1) is 6.92 Å². The van der Waals surface area contributed by atoms with Crippen LogP contribution in [0.25, 0.3) is 6.08 Å². The number of likely N-dealkylation sites (N-methyl/N-ethyl adjacent to an activating group) is 1. The Kier molecular flexibility index (Phi) is 7.01. The number of carbonyl (C=O) groups excluding carboxylic acids is 1. The summed E-state index contributed by atoms with van der Waals surface area (Å²) in [7, 11) is 0. The first-order valence-corrected chi connectivity index (χ1v) is 10.3. The smallest absolute Gasteiger partial charge is 0.331 e. The first-order chi connectivity index (χ1) is 13.1. The van der Waals surface area contributed by atoms with E-state index in [1.807, 2.05) is 36.6 Å². The van der Waals surface area contributed by atoms with Crippen LogP contribution in [0.3, 0.4) is 0 Å². The zero-order valence-electron chi connectivity index (χ0n) is 15.9. The van der Waals surface area contributed by atoms with Crippen LogP contribution in [-0.2, 0) is 16.1 Å². The van der Waals surface area contributed by atoms with E-state index >= 15 is 0 Å². The molecule has 1 aliphatic rings. The van der Waals surface area contributed by atoms with Crippen LogP contribution < -0.4 is 4.74 Å². The predicted octanol–water partition coefficient (Wildman–Crippen LogP) is 4.07. The first-order valence-electron chi connectivity index (χ1n) is 9.37. The molecule has 1 aliphatic heterocycles. The Hall–Kier alpha value is -2.18. The number of nitrogens with zero attached hydrogens (tertiary/aromatic N) is 2. The van der Waals surface area contributed by atoms with E-state index in [1.165, 1.54) is 6.08 Å². The lowest BCUT2D eigenvalue weighted by Gasteiger charge is -2.31. The minimum Gasteiger partial charge on any atom is -0.487 e. The van der Waals surface area contributed by atoms with Crippen molar-refractivity contribution in [2.75, 3.05) is 19.6 Å². The molecule has 1 saturated heterocycles.